The molecule has 28 nitrogen and oxygen atoms in total. The number of aromatic nitrogens is 6. The zero-order valence-corrected chi connectivity index (χ0v) is 63.2. The molecule has 5 aromatic heterocycles. The number of benzene rings is 6. The van der Waals surface area contributed by atoms with E-state index in [-0.39, 0.29) is 98.0 Å². The molecule has 0 spiro atoms. The molecule has 8 heterocycles. The highest BCUT2D eigenvalue weighted by molar-refractivity contribution is 7.93. The van der Waals surface area contributed by atoms with Crippen LogP contribution >= 0.6 is 34.3 Å². The SMILES string of the molecule is Cc1cc(Cl)ccc1O[C@@H](C)C(=O)N1CCN(c2ccc(S(=O)(=O)Nc3nccs3)cc2)C(=O)C1.Cc1cc2cc(F)ccc2n1C(C)C(=O)N1CCN(c2ccc(S(=O)(=O)Nc3ccncn3)cc2)CC1.N#Cc1ccc2c(ccn2CC(=O)N2CCN(c3ccc(S(=O)(=O)Nc4nccs4)cc3)C(=O)C2)c1.[HH].[HH].[HH].[HH]. The molecule has 6 aromatic carbocycles. The highest BCUT2D eigenvalue weighted by Crippen LogP contribution is 2.31. The zero-order chi connectivity index (χ0) is 76.6. The Bertz CT molecular complexity index is 5560. The molecule has 1 unspecified atom stereocenters. The second kappa shape index (κ2) is 32.8. The molecule has 108 heavy (non-hydrogen) atoms. The minimum absolute atomic E-state index is 0. The van der Waals surface area contributed by atoms with E-state index in [0.29, 0.717) is 73.5 Å². The number of sulfonamides is 3. The first-order chi connectivity index (χ1) is 51.7. The van der Waals surface area contributed by atoms with Crippen LogP contribution in [0, 0.1) is 31.0 Å². The summed E-state index contributed by atoms with van der Waals surface area (Å²) in [5, 5.41) is 15.2. The van der Waals surface area contributed by atoms with Gasteiger partial charge in [-0.3, -0.25) is 38.1 Å². The summed E-state index contributed by atoms with van der Waals surface area (Å²) < 4.78 is 106. The fraction of sp³-hybridized carbons (Fsp3) is 0.233. The van der Waals surface area contributed by atoms with Gasteiger partial charge in [0.1, 0.15) is 49.4 Å². The Morgan fingerprint density at radius 3 is 1.70 bits per heavy atom. The predicted octanol–water partition coefficient (Wildman–Crippen LogP) is 10.8. The number of halogens is 2. The van der Waals surface area contributed by atoms with Crippen LogP contribution in [-0.2, 0) is 60.6 Å². The summed E-state index contributed by atoms with van der Waals surface area (Å²) in [5.74, 6) is -0.516. The van der Waals surface area contributed by atoms with Crippen LogP contribution in [0.3, 0.4) is 0 Å². The predicted molar refractivity (Wildman–Crippen MR) is 417 cm³/mol. The van der Waals surface area contributed by atoms with Crippen LogP contribution in [0.1, 0.15) is 42.4 Å². The number of hydrogen-bond donors (Lipinski definition) is 3. The van der Waals surface area contributed by atoms with Gasteiger partial charge in [-0.15, -0.1) is 22.7 Å². The molecule has 14 rings (SSSR count). The molecule has 3 aliphatic rings. The molecule has 3 aliphatic heterocycles. The van der Waals surface area contributed by atoms with E-state index in [4.69, 9.17) is 21.6 Å². The van der Waals surface area contributed by atoms with Gasteiger partial charge in [-0.1, -0.05) is 11.6 Å². The standard InChI is InChI=1S/C26H27FN6O3S.C24H20N6O4S2.C23H23ClN4O5S2.4H2/c1-18-15-20-16-21(27)3-8-24(20)33(18)19(2)26(34)32-13-11-31(12-14-32)22-4-6-23(7-5-22)37(35,36)30-25-9-10-28-17-29-25;25-14-17-1-6-21-18(13-17)7-9-28(21)15-22(31)29-10-11-30(23(32)16-29)19-2-4-20(5-3-19)36(33,34)27-24-26-8-12-35-24;1-15-13-17(24)3-8-20(15)33-16(2)22(30)27-10-11-28(21(29)14-27)18-4-6-19(7-5-18)35(31,32)26-23-25-9-12-34-23;;;;/h3-10,15-17,19H,11-14H2,1-2H3,(H,28,29,30);1-9,12-13H,10-11,15-16H2,(H,26,27);3-9,12-13,16H,10-11,14H2,1-2H3,(H,25,26);4*1H/t;;16-;;;;/m..0..../s1. The van der Waals surface area contributed by atoms with E-state index in [1.54, 1.807) is 124 Å². The van der Waals surface area contributed by atoms with Gasteiger partial charge in [0.05, 0.1) is 26.3 Å². The second-order valence-electron chi connectivity index (χ2n) is 25.1. The number of thiazole rings is 2. The van der Waals surface area contributed by atoms with E-state index in [9.17, 15) is 53.6 Å². The monoisotopic (exact) mass is 1580 g/mol. The summed E-state index contributed by atoms with van der Waals surface area (Å²) in [6.45, 7) is 10.8. The number of nitrogens with zero attached hydrogens (tertiary/aromatic N) is 13. The van der Waals surface area contributed by atoms with Crippen molar-refractivity contribution in [3.05, 3.63) is 215 Å². The van der Waals surface area contributed by atoms with Crippen LogP contribution in [0.2, 0.25) is 5.02 Å². The molecule has 35 heteroatoms. The zero-order valence-electron chi connectivity index (χ0n) is 58.3. The molecule has 0 radical (unpaired) electrons. The Labute approximate surface area is 640 Å². The maximum absolute atomic E-state index is 13.6. The Kier molecular flexibility index (Phi) is 23.2. The number of aryl methyl sites for hydroxylation is 2. The van der Waals surface area contributed by atoms with Gasteiger partial charge >= 0.3 is 0 Å². The largest absolute Gasteiger partial charge is 0.481 e. The maximum Gasteiger partial charge on any atom is 0.263 e. The van der Waals surface area contributed by atoms with Crippen molar-refractivity contribution in [1.82, 2.24) is 43.8 Å². The minimum Gasteiger partial charge on any atom is -0.481 e. The number of hydrogen-bond acceptors (Lipinski definition) is 20. The third-order valence-electron chi connectivity index (χ3n) is 18.0. The van der Waals surface area contributed by atoms with Crippen LogP contribution in [-0.4, -0.2) is 170 Å². The van der Waals surface area contributed by atoms with Crippen molar-refractivity contribution in [2.24, 2.45) is 0 Å². The lowest BCUT2D eigenvalue weighted by Gasteiger charge is -2.37. The molecule has 3 saturated heterocycles. The van der Waals surface area contributed by atoms with Crippen molar-refractivity contribution in [2.45, 2.75) is 61.1 Å². The van der Waals surface area contributed by atoms with Crippen molar-refractivity contribution < 1.29 is 64.1 Å². The average molecular weight is 1590 g/mol. The van der Waals surface area contributed by atoms with Gasteiger partial charge in [0, 0.05) is 143 Å². The number of nitrogens with one attached hydrogen (secondary N) is 3. The van der Waals surface area contributed by atoms with Gasteiger partial charge in [-0.25, -0.2) is 49.6 Å². The van der Waals surface area contributed by atoms with Gasteiger partial charge in [0.25, 0.3) is 36.0 Å². The Morgan fingerprint density at radius 2 is 1.16 bits per heavy atom. The fourth-order valence-electron chi connectivity index (χ4n) is 12.5. The molecular weight excluding hydrogens is 1510 g/mol. The molecule has 0 aliphatic carbocycles. The van der Waals surface area contributed by atoms with Gasteiger partial charge in [0.15, 0.2) is 16.4 Å². The number of ether oxygens (including phenoxy) is 1. The van der Waals surface area contributed by atoms with Crippen LogP contribution in [0.15, 0.2) is 202 Å². The second-order valence-corrected chi connectivity index (χ2v) is 32.4. The Morgan fingerprint density at radius 1 is 0.602 bits per heavy atom. The number of rotatable bonds is 19. The molecule has 3 N–H and O–H groups in total. The lowest BCUT2D eigenvalue weighted by atomic mass is 10.2. The minimum atomic E-state index is -3.79. The topological polar surface area (TPSA) is 338 Å². The maximum atomic E-state index is 13.6. The van der Waals surface area contributed by atoms with Crippen molar-refractivity contribution in [3.8, 4) is 11.8 Å². The molecule has 2 atom stereocenters. The van der Waals surface area contributed by atoms with Crippen molar-refractivity contribution in [1.29, 1.82) is 5.26 Å². The molecule has 0 saturated carbocycles. The van der Waals surface area contributed by atoms with E-state index in [1.165, 1.54) is 105 Å². The van der Waals surface area contributed by atoms with Crippen molar-refractivity contribution in [2.75, 3.05) is 94.3 Å². The van der Waals surface area contributed by atoms with Gasteiger partial charge in [-0.05, 0) is 179 Å². The average Bonchev–Trinajstić information content (AvgIpc) is 1.25. The number of anilines is 6. The normalized spacial score (nSPS) is 14.8. The lowest BCUT2D eigenvalue weighted by molar-refractivity contribution is -0.142. The summed E-state index contributed by atoms with van der Waals surface area (Å²) >= 11 is 8.32. The molecule has 5 amide bonds. The quantitative estimate of drug-likeness (QED) is 0.0677. The summed E-state index contributed by atoms with van der Waals surface area (Å²) in [6.07, 6.45) is 6.77. The van der Waals surface area contributed by atoms with Gasteiger partial charge in [0.2, 0.25) is 23.6 Å². The third-order valence-corrected chi connectivity index (χ3v) is 23.9. The number of piperazine rings is 3. The Hall–Kier alpha value is -11.4. The van der Waals surface area contributed by atoms with E-state index in [2.05, 4.69) is 45.1 Å². The van der Waals surface area contributed by atoms with Crippen LogP contribution < -0.4 is 33.6 Å². The summed E-state index contributed by atoms with van der Waals surface area (Å²) in [5.41, 5.74) is 5.94. The molecule has 3 fully saturated rings. The summed E-state index contributed by atoms with van der Waals surface area (Å²) in [7, 11) is -11.3. The molecule has 566 valence electrons. The number of nitriles is 1. The van der Waals surface area contributed by atoms with Crippen molar-refractivity contribution >= 4 is 149 Å². The van der Waals surface area contributed by atoms with Crippen LogP contribution in [0.4, 0.5) is 37.5 Å². The highest BCUT2D eigenvalue weighted by atomic mass is 35.5. The number of carbonyl (C=O) groups is 5. The summed E-state index contributed by atoms with van der Waals surface area (Å²) in [4.78, 5) is 90.6. The fourth-order valence-corrected chi connectivity index (χ4v) is 17.3. The molecule has 0 bridgehead atoms. The lowest BCUT2D eigenvalue weighted by Crippen LogP contribution is -2.54. The highest BCUT2D eigenvalue weighted by Gasteiger charge is 2.34. The van der Waals surface area contributed by atoms with Crippen molar-refractivity contribution in [3.63, 3.8) is 0 Å². The first kappa shape index (κ1) is 76.3. The van der Waals surface area contributed by atoms with E-state index in [1.807, 2.05) is 42.4 Å². The van der Waals surface area contributed by atoms with E-state index in [0.717, 1.165) is 38.8 Å². The first-order valence-electron chi connectivity index (χ1n) is 33.5. The smallest absolute Gasteiger partial charge is 0.263 e. The molecule has 11 aromatic rings. The van der Waals surface area contributed by atoms with Gasteiger partial charge in [-0.2, -0.15) is 5.26 Å². The van der Waals surface area contributed by atoms with E-state index >= 15 is 0 Å². The van der Waals surface area contributed by atoms with Gasteiger partial charge < -0.3 is 43.3 Å². The first-order valence-corrected chi connectivity index (χ1v) is 40.1. The summed E-state index contributed by atoms with van der Waals surface area (Å²) in [6, 6.07) is 40.6. The molecular formula is C73H78ClFN16O12S5. The number of carbonyl (C=O) groups excluding carboxylic acids is 5. The number of fused-ring (bicyclic) bond motifs is 2. The van der Waals surface area contributed by atoms with Crippen LogP contribution in [0.5, 0.6) is 5.75 Å². The third kappa shape index (κ3) is 17.8. The van der Waals surface area contributed by atoms with E-state index < -0.39 is 42.2 Å². The Balaban J connectivity index is 0.000000207. The van der Waals surface area contributed by atoms with Crippen LogP contribution in [0.25, 0.3) is 21.8 Å². The number of amides is 5.